The van der Waals surface area contributed by atoms with E-state index in [1.54, 1.807) is 0 Å². The topological polar surface area (TPSA) is 80.7 Å². The van der Waals surface area contributed by atoms with Crippen LogP contribution in [0.3, 0.4) is 0 Å². The summed E-state index contributed by atoms with van der Waals surface area (Å²) in [6, 6.07) is 0. The third kappa shape index (κ3) is 7.83. The Bertz CT molecular complexity index is 193. The Kier molecular flexibility index (Phi) is 3.06. The molecule has 0 aromatic heterocycles. The summed E-state index contributed by atoms with van der Waals surface area (Å²) >= 11 is 4.64. The van der Waals surface area contributed by atoms with E-state index in [-0.39, 0.29) is 0 Å². The molecule has 0 atom stereocenters. The second-order valence-electron chi connectivity index (χ2n) is 1.05. The van der Waals surface area contributed by atoms with Crippen molar-refractivity contribution < 1.29 is 21.9 Å². The molecule has 0 rings (SSSR count). The molecule has 54 valence electrons. The van der Waals surface area contributed by atoms with Gasteiger partial charge in [0, 0.05) is 0 Å². The molecule has 0 spiro atoms. The van der Waals surface area contributed by atoms with Crippen molar-refractivity contribution in [1.29, 1.82) is 0 Å². The van der Waals surface area contributed by atoms with Gasteiger partial charge in [-0.1, -0.05) is 0 Å². The second kappa shape index (κ2) is 3.11. The van der Waals surface area contributed by atoms with Gasteiger partial charge in [0.2, 0.25) is 5.24 Å². The Labute approximate surface area is 56.5 Å². The summed E-state index contributed by atoms with van der Waals surface area (Å²) in [5.41, 5.74) is 0. The molecule has 0 aliphatic heterocycles. The Morgan fingerprint density at radius 3 is 2.22 bits per heavy atom. The molecule has 0 aromatic rings. The van der Waals surface area contributed by atoms with Gasteiger partial charge < -0.3 is 0 Å². The van der Waals surface area contributed by atoms with Crippen LogP contribution in [-0.2, 0) is 19.4 Å². The summed E-state index contributed by atoms with van der Waals surface area (Å²) in [6.07, 6.45) is 0. The maximum absolute atomic E-state index is 9.76. The summed E-state index contributed by atoms with van der Waals surface area (Å²) in [5, 5.41) is -0.993. The van der Waals surface area contributed by atoms with Gasteiger partial charge in [-0.25, -0.2) is 4.18 Å². The van der Waals surface area contributed by atoms with Crippen molar-refractivity contribution in [3.8, 4) is 0 Å². The van der Waals surface area contributed by atoms with Crippen molar-refractivity contribution in [2.45, 2.75) is 0 Å². The maximum atomic E-state index is 9.76. The summed E-state index contributed by atoms with van der Waals surface area (Å²) < 4.78 is 30.7. The number of carbonyl (C=O) groups is 1. The molecule has 9 heavy (non-hydrogen) atoms. The van der Waals surface area contributed by atoms with E-state index in [4.69, 9.17) is 4.55 Å². The van der Waals surface area contributed by atoms with Gasteiger partial charge in [0.15, 0.2) is 0 Å². The fraction of sp³-hybridized carbons (Fsp3) is 0.500. The van der Waals surface area contributed by atoms with E-state index in [2.05, 4.69) is 15.8 Å². The third-order valence-corrected chi connectivity index (χ3v) is 0.846. The van der Waals surface area contributed by atoms with Gasteiger partial charge in [-0.05, 0) is 11.6 Å². The summed E-state index contributed by atoms with van der Waals surface area (Å²) in [7, 11) is -4.52. The molecule has 0 radical (unpaired) electrons. The van der Waals surface area contributed by atoms with Crippen molar-refractivity contribution in [3.63, 3.8) is 0 Å². The van der Waals surface area contributed by atoms with Crippen LogP contribution in [0.15, 0.2) is 0 Å². The van der Waals surface area contributed by atoms with Gasteiger partial charge in [-0.2, -0.15) is 8.42 Å². The first kappa shape index (κ1) is 8.83. The predicted octanol–water partition coefficient (Wildman–Crippen LogP) is -0.429. The van der Waals surface area contributed by atoms with E-state index in [0.717, 1.165) is 0 Å². The molecular formula is C2H3ClO5S. The molecule has 0 fully saturated rings. The van der Waals surface area contributed by atoms with Crippen LogP contribution in [0.25, 0.3) is 0 Å². The zero-order valence-electron chi connectivity index (χ0n) is 4.07. The second-order valence-corrected chi connectivity index (χ2v) is 2.56. The average molecular weight is 175 g/mol. The molecule has 1 N–H and O–H groups in total. The first-order valence-corrected chi connectivity index (χ1v) is 3.46. The lowest BCUT2D eigenvalue weighted by molar-refractivity contribution is -0.113. The molecule has 0 aliphatic carbocycles. The predicted molar refractivity (Wildman–Crippen MR) is 28.4 cm³/mol. The largest absolute Gasteiger partial charge is 0.397 e. The van der Waals surface area contributed by atoms with Crippen molar-refractivity contribution in [2.75, 3.05) is 6.61 Å². The fourth-order valence-electron chi connectivity index (χ4n) is 0.121. The quantitative estimate of drug-likeness (QED) is 0.464. The molecule has 7 heteroatoms. The van der Waals surface area contributed by atoms with E-state index in [9.17, 15) is 13.2 Å². The van der Waals surface area contributed by atoms with E-state index in [1.165, 1.54) is 0 Å². The van der Waals surface area contributed by atoms with Gasteiger partial charge in [0.05, 0.1) is 0 Å². The van der Waals surface area contributed by atoms with Crippen LogP contribution in [0.5, 0.6) is 0 Å². The minimum atomic E-state index is -4.52. The molecule has 0 aliphatic rings. The standard InChI is InChI=1S/C2H3ClO5S/c3-2(4)1-8-9(5,6)7/h1H2,(H,5,6,7). The number of carbonyl (C=O) groups excluding carboxylic acids is 1. The van der Waals surface area contributed by atoms with Crippen LogP contribution in [0, 0.1) is 0 Å². The Balaban J connectivity index is 3.67. The monoisotopic (exact) mass is 174 g/mol. The highest BCUT2D eigenvalue weighted by molar-refractivity contribution is 7.80. The van der Waals surface area contributed by atoms with Crippen molar-refractivity contribution in [1.82, 2.24) is 0 Å². The Morgan fingerprint density at radius 2 is 2.11 bits per heavy atom. The minimum Gasteiger partial charge on any atom is -0.279 e. The van der Waals surface area contributed by atoms with Crippen LogP contribution in [0.1, 0.15) is 0 Å². The van der Waals surface area contributed by atoms with E-state index in [0.29, 0.717) is 0 Å². The lowest BCUT2D eigenvalue weighted by Crippen LogP contribution is -2.08. The lowest BCUT2D eigenvalue weighted by atomic mass is 10.8. The Morgan fingerprint density at radius 1 is 1.67 bits per heavy atom. The first-order valence-electron chi connectivity index (χ1n) is 1.72. The van der Waals surface area contributed by atoms with Gasteiger partial charge in [0.25, 0.3) is 0 Å². The maximum Gasteiger partial charge on any atom is 0.397 e. The van der Waals surface area contributed by atoms with E-state index in [1.807, 2.05) is 0 Å². The van der Waals surface area contributed by atoms with Gasteiger partial charge in [-0.3, -0.25) is 9.35 Å². The molecule has 0 aromatic carbocycles. The summed E-state index contributed by atoms with van der Waals surface area (Å²) in [4.78, 5) is 9.76. The number of rotatable bonds is 3. The molecule has 0 saturated heterocycles. The fourth-order valence-corrected chi connectivity index (χ4v) is 0.496. The van der Waals surface area contributed by atoms with Gasteiger partial charge in [-0.15, -0.1) is 0 Å². The highest BCUT2D eigenvalue weighted by atomic mass is 35.5. The molecule has 0 bridgehead atoms. The zero-order valence-corrected chi connectivity index (χ0v) is 5.65. The van der Waals surface area contributed by atoms with Crippen LogP contribution in [0.2, 0.25) is 0 Å². The summed E-state index contributed by atoms with van der Waals surface area (Å²) in [6.45, 7) is -0.847. The number of hydrogen-bond acceptors (Lipinski definition) is 4. The van der Waals surface area contributed by atoms with Gasteiger partial charge in [0.1, 0.15) is 6.61 Å². The molecule has 0 heterocycles. The SMILES string of the molecule is O=C(Cl)COS(=O)(=O)O. The highest BCUT2D eigenvalue weighted by Crippen LogP contribution is 1.87. The zero-order chi connectivity index (χ0) is 7.49. The highest BCUT2D eigenvalue weighted by Gasteiger charge is 2.06. The van der Waals surface area contributed by atoms with Gasteiger partial charge >= 0.3 is 10.4 Å². The molecule has 5 nitrogen and oxygen atoms in total. The van der Waals surface area contributed by atoms with Crippen LogP contribution >= 0.6 is 11.6 Å². The van der Waals surface area contributed by atoms with E-state index >= 15 is 0 Å². The van der Waals surface area contributed by atoms with Crippen LogP contribution in [-0.4, -0.2) is 24.8 Å². The minimum absolute atomic E-state index is 0.847. The molecule has 0 amide bonds. The molecule has 0 unspecified atom stereocenters. The first-order chi connectivity index (χ1) is 3.92. The Hall–Kier alpha value is -0.170. The normalized spacial score (nSPS) is 11.3. The average Bonchev–Trinajstić information content (AvgIpc) is 1.59. The van der Waals surface area contributed by atoms with Crippen LogP contribution < -0.4 is 0 Å². The number of halogens is 1. The number of hydrogen-bond donors (Lipinski definition) is 1. The van der Waals surface area contributed by atoms with Crippen molar-refractivity contribution >= 4 is 27.2 Å². The molecule has 0 saturated carbocycles. The molecular weight excluding hydrogens is 172 g/mol. The van der Waals surface area contributed by atoms with E-state index < -0.39 is 22.2 Å². The smallest absolute Gasteiger partial charge is 0.279 e. The summed E-state index contributed by atoms with van der Waals surface area (Å²) in [5.74, 6) is 0. The lowest BCUT2D eigenvalue weighted by Gasteiger charge is -1.91. The van der Waals surface area contributed by atoms with Crippen LogP contribution in [0.4, 0.5) is 0 Å². The van der Waals surface area contributed by atoms with Crippen molar-refractivity contribution in [2.24, 2.45) is 0 Å². The third-order valence-electron chi connectivity index (χ3n) is 0.321. The van der Waals surface area contributed by atoms with Crippen molar-refractivity contribution in [3.05, 3.63) is 0 Å².